The van der Waals surface area contributed by atoms with Gasteiger partial charge in [-0.1, -0.05) is 146 Å². The maximum Gasteiger partial charge on any atom is 0.213 e. The molecule has 46 heavy (non-hydrogen) atoms. The molecule has 0 saturated heterocycles. The van der Waals surface area contributed by atoms with Gasteiger partial charge in [0.15, 0.2) is 0 Å². The van der Waals surface area contributed by atoms with Crippen molar-refractivity contribution in [1.82, 2.24) is 0 Å². The molecule has 0 bridgehead atoms. The van der Waals surface area contributed by atoms with Gasteiger partial charge in [-0.25, -0.2) is 0 Å². The van der Waals surface area contributed by atoms with Crippen molar-refractivity contribution >= 4 is 40.4 Å². The predicted octanol–water partition coefficient (Wildman–Crippen LogP) is 8.34. The highest BCUT2D eigenvalue weighted by Gasteiger charge is 2.53. The largest absolute Gasteiger partial charge is 0.287 e. The first-order chi connectivity index (χ1) is 22.7. The predicted molar refractivity (Wildman–Crippen MR) is 196 cm³/mol. The summed E-state index contributed by atoms with van der Waals surface area (Å²) in [6.45, 7) is 2.08. The van der Waals surface area contributed by atoms with Crippen LogP contribution in [0.2, 0.25) is 0 Å². The second-order valence-electron chi connectivity index (χ2n) is 11.2. The summed E-state index contributed by atoms with van der Waals surface area (Å²) in [5.41, 5.74) is 3.70. The lowest BCUT2D eigenvalue weighted by atomic mass is 10.0. The topological polar surface area (TPSA) is 41.8 Å². The fourth-order valence-electron chi connectivity index (χ4n) is 6.13. The Kier molecular flexibility index (Phi) is 9.83. The molecule has 0 aromatic heterocycles. The lowest BCUT2D eigenvalue weighted by Crippen LogP contribution is -2.43. The standard InChI is InChI=1S/C42H36N2OP/c1-33(43-44-41(35-22-10-3-11-23-35)42(45)36-24-12-4-13-25-36)40(32-34-20-8-2-9-21-34)46(37-26-14-5-15-27-37,38-28-16-6-17-29-38)39-30-18-7-19-31-39/h2-31,40H,32H2,1H3/q+1/b43-33-,44-41-. The Balaban J connectivity index is 1.61. The van der Waals surface area contributed by atoms with Crippen molar-refractivity contribution < 1.29 is 4.79 Å². The van der Waals surface area contributed by atoms with Crippen molar-refractivity contribution in [3.05, 3.63) is 199 Å². The highest BCUT2D eigenvalue weighted by atomic mass is 31.2. The molecular weight excluding hydrogens is 579 g/mol. The first-order valence-electron chi connectivity index (χ1n) is 15.5. The summed E-state index contributed by atoms with van der Waals surface area (Å²) in [6, 6.07) is 62.1. The third-order valence-corrected chi connectivity index (χ3v) is 13.1. The molecule has 4 heteroatoms. The molecule has 0 spiro atoms. The quantitative estimate of drug-likeness (QED) is 0.0625. The van der Waals surface area contributed by atoms with Crippen LogP contribution in [0.5, 0.6) is 0 Å². The Morgan fingerprint density at radius 3 is 1.30 bits per heavy atom. The minimum atomic E-state index is -2.38. The monoisotopic (exact) mass is 615 g/mol. The van der Waals surface area contributed by atoms with Gasteiger partial charge in [0.1, 0.15) is 34.5 Å². The molecule has 0 radical (unpaired) electrons. The summed E-state index contributed by atoms with van der Waals surface area (Å²) < 4.78 is 0. The highest BCUT2D eigenvalue weighted by Crippen LogP contribution is 2.61. The van der Waals surface area contributed by atoms with E-state index in [0.717, 1.165) is 17.7 Å². The smallest absolute Gasteiger partial charge is 0.213 e. The maximum absolute atomic E-state index is 13.9. The van der Waals surface area contributed by atoms with Gasteiger partial charge in [-0.05, 0) is 48.9 Å². The maximum atomic E-state index is 13.9. The van der Waals surface area contributed by atoms with Crippen LogP contribution in [0.15, 0.2) is 192 Å². The van der Waals surface area contributed by atoms with Crippen LogP contribution in [0.4, 0.5) is 0 Å². The number of rotatable bonds is 11. The van der Waals surface area contributed by atoms with Crippen LogP contribution >= 0.6 is 7.26 Å². The number of carbonyl (C=O) groups excluding carboxylic acids is 1. The molecule has 0 N–H and O–H groups in total. The van der Waals surface area contributed by atoms with E-state index in [1.807, 2.05) is 60.7 Å². The average molecular weight is 616 g/mol. The van der Waals surface area contributed by atoms with E-state index in [2.05, 4.69) is 128 Å². The molecule has 1 atom stereocenters. The average Bonchev–Trinajstić information content (AvgIpc) is 3.14. The second-order valence-corrected chi connectivity index (χ2v) is 14.8. The summed E-state index contributed by atoms with van der Waals surface area (Å²) in [6.07, 6.45) is 0.755. The molecular formula is C42H36N2OP+. The Bertz CT molecular complexity index is 1810. The third kappa shape index (κ3) is 6.56. The second kappa shape index (κ2) is 14.7. The number of hydrogen-bond donors (Lipinski definition) is 0. The zero-order chi connectivity index (χ0) is 31.6. The van der Waals surface area contributed by atoms with Crippen LogP contribution in [0.3, 0.4) is 0 Å². The van der Waals surface area contributed by atoms with E-state index in [-0.39, 0.29) is 11.4 Å². The fraction of sp³-hybridized carbons (Fsp3) is 0.0714. The fourth-order valence-corrected chi connectivity index (χ4v) is 11.1. The summed E-state index contributed by atoms with van der Waals surface area (Å²) in [4.78, 5) is 13.9. The van der Waals surface area contributed by atoms with Crippen LogP contribution < -0.4 is 15.9 Å². The Hall–Kier alpha value is -5.24. The summed E-state index contributed by atoms with van der Waals surface area (Å²) in [5, 5.41) is 13.6. The van der Waals surface area contributed by atoms with E-state index in [1.54, 1.807) is 0 Å². The molecule has 0 aliphatic carbocycles. The Morgan fingerprint density at radius 1 is 0.500 bits per heavy atom. The van der Waals surface area contributed by atoms with Gasteiger partial charge >= 0.3 is 0 Å². The molecule has 0 saturated carbocycles. The summed E-state index contributed by atoms with van der Waals surface area (Å²) >= 11 is 0. The molecule has 0 aliphatic heterocycles. The molecule has 6 rings (SSSR count). The number of hydrogen-bond acceptors (Lipinski definition) is 3. The van der Waals surface area contributed by atoms with E-state index in [1.165, 1.54) is 21.5 Å². The first-order valence-corrected chi connectivity index (χ1v) is 17.4. The van der Waals surface area contributed by atoms with Crippen LogP contribution in [-0.2, 0) is 6.42 Å². The molecule has 3 nitrogen and oxygen atoms in total. The van der Waals surface area contributed by atoms with E-state index in [0.29, 0.717) is 11.3 Å². The Morgan fingerprint density at radius 2 is 0.870 bits per heavy atom. The van der Waals surface area contributed by atoms with Crippen molar-refractivity contribution in [2.75, 3.05) is 0 Å². The van der Waals surface area contributed by atoms with Crippen LogP contribution in [0.25, 0.3) is 0 Å². The van der Waals surface area contributed by atoms with E-state index < -0.39 is 7.26 Å². The molecule has 6 aromatic rings. The zero-order valence-electron chi connectivity index (χ0n) is 25.9. The van der Waals surface area contributed by atoms with Crippen molar-refractivity contribution in [1.29, 1.82) is 0 Å². The van der Waals surface area contributed by atoms with Crippen LogP contribution in [0.1, 0.15) is 28.4 Å². The van der Waals surface area contributed by atoms with Gasteiger partial charge in [0, 0.05) is 17.5 Å². The van der Waals surface area contributed by atoms with Gasteiger partial charge in [-0.15, -0.1) is 5.10 Å². The number of benzene rings is 6. The number of ketones is 1. The van der Waals surface area contributed by atoms with E-state index in [4.69, 9.17) is 10.2 Å². The SMILES string of the molecule is C/C(=N/N=C(\C(=O)c1ccccc1)c1ccccc1)C(Cc1ccccc1)[P+](c1ccccc1)(c1ccccc1)c1ccccc1. The molecule has 0 heterocycles. The van der Waals surface area contributed by atoms with Gasteiger partial charge < -0.3 is 0 Å². The van der Waals surface area contributed by atoms with Crippen molar-refractivity contribution in [3.8, 4) is 0 Å². The van der Waals surface area contributed by atoms with Gasteiger partial charge in [-0.2, -0.15) is 5.10 Å². The normalized spacial score (nSPS) is 12.8. The zero-order valence-corrected chi connectivity index (χ0v) is 26.7. The van der Waals surface area contributed by atoms with E-state index >= 15 is 0 Å². The molecule has 0 aliphatic rings. The third-order valence-electron chi connectivity index (χ3n) is 8.32. The minimum absolute atomic E-state index is 0.0466. The van der Waals surface area contributed by atoms with Crippen LogP contribution in [0, 0.1) is 0 Å². The molecule has 6 aromatic carbocycles. The Labute approximate surface area is 272 Å². The van der Waals surface area contributed by atoms with Gasteiger partial charge in [0.05, 0.1) is 5.71 Å². The van der Waals surface area contributed by atoms with E-state index in [9.17, 15) is 4.79 Å². The van der Waals surface area contributed by atoms with Crippen LogP contribution in [-0.4, -0.2) is 22.9 Å². The number of nitrogens with zero attached hydrogens (tertiary/aromatic N) is 2. The summed E-state index contributed by atoms with van der Waals surface area (Å²) in [5.74, 6) is -0.154. The number of Topliss-reactive ketones (excluding diaryl/α,β-unsaturated/α-hetero) is 1. The lowest BCUT2D eigenvalue weighted by Gasteiger charge is -2.34. The van der Waals surface area contributed by atoms with Crippen molar-refractivity contribution in [3.63, 3.8) is 0 Å². The van der Waals surface area contributed by atoms with Crippen molar-refractivity contribution in [2.45, 2.75) is 19.0 Å². The lowest BCUT2D eigenvalue weighted by molar-refractivity contribution is 0.106. The van der Waals surface area contributed by atoms with Gasteiger partial charge in [-0.3, -0.25) is 4.79 Å². The minimum Gasteiger partial charge on any atom is -0.287 e. The molecule has 224 valence electrons. The molecule has 1 unspecified atom stereocenters. The number of carbonyl (C=O) groups is 1. The molecule has 0 amide bonds. The highest BCUT2D eigenvalue weighted by molar-refractivity contribution is 7.96. The van der Waals surface area contributed by atoms with Crippen molar-refractivity contribution in [2.24, 2.45) is 10.2 Å². The summed E-state index contributed by atoms with van der Waals surface area (Å²) in [7, 11) is -2.38. The van der Waals surface area contributed by atoms with Gasteiger partial charge in [0.25, 0.3) is 0 Å². The molecule has 0 fully saturated rings. The van der Waals surface area contributed by atoms with Gasteiger partial charge in [0.2, 0.25) is 5.78 Å². The first kappa shape index (κ1) is 30.8.